The molecule has 0 amide bonds. The molecule has 2 unspecified atom stereocenters. The Bertz CT molecular complexity index is 319. The average Bonchev–Trinajstić information content (AvgIpc) is 2.19. The van der Waals surface area contributed by atoms with Crippen LogP contribution in [-0.2, 0) is 0 Å². The summed E-state index contributed by atoms with van der Waals surface area (Å²) in [6, 6.07) is 4.96. The smallest absolute Gasteiger partial charge is 0.109 e. The van der Waals surface area contributed by atoms with Crippen molar-refractivity contribution >= 4 is 21.6 Å². The Balaban J connectivity index is 2.99. The summed E-state index contributed by atoms with van der Waals surface area (Å²) < 4.78 is 0.755. The zero-order valence-electron chi connectivity index (χ0n) is 7.39. The third-order valence-corrected chi connectivity index (χ3v) is 2.41. The summed E-state index contributed by atoms with van der Waals surface area (Å²) in [5.41, 5.74) is 6.40. The number of hydrogen-bond acceptors (Lipinski definition) is 4. The summed E-state index contributed by atoms with van der Waals surface area (Å²) in [7, 11) is 0. The van der Waals surface area contributed by atoms with E-state index in [2.05, 4.69) is 15.9 Å². The molecule has 0 saturated carbocycles. The van der Waals surface area contributed by atoms with E-state index in [-0.39, 0.29) is 0 Å². The summed E-state index contributed by atoms with van der Waals surface area (Å²) in [6.07, 6.45) is -2.39. The van der Waals surface area contributed by atoms with Gasteiger partial charge in [-0.3, -0.25) is 0 Å². The molecule has 0 aromatic heterocycles. The van der Waals surface area contributed by atoms with Crippen LogP contribution in [0.5, 0.6) is 0 Å². The Hall–Kier alpha value is -0.620. The van der Waals surface area contributed by atoms with Gasteiger partial charge in [0, 0.05) is 15.7 Å². The fourth-order valence-electron chi connectivity index (χ4n) is 1.11. The Kier molecular flexibility index (Phi) is 3.88. The topological polar surface area (TPSA) is 86.7 Å². The van der Waals surface area contributed by atoms with Gasteiger partial charge in [0.25, 0.3) is 0 Å². The van der Waals surface area contributed by atoms with Gasteiger partial charge < -0.3 is 21.1 Å². The molecule has 0 aliphatic rings. The van der Waals surface area contributed by atoms with E-state index in [1.54, 1.807) is 18.2 Å². The number of anilines is 1. The molecule has 78 valence electrons. The van der Waals surface area contributed by atoms with Gasteiger partial charge in [-0.25, -0.2) is 0 Å². The molecule has 0 heterocycles. The van der Waals surface area contributed by atoms with Crippen LogP contribution in [0.25, 0.3) is 0 Å². The molecule has 0 radical (unpaired) electrons. The van der Waals surface area contributed by atoms with Crippen LogP contribution in [0.4, 0.5) is 5.69 Å². The molecule has 5 heteroatoms. The second-order valence-corrected chi connectivity index (χ2v) is 3.88. The van der Waals surface area contributed by atoms with Crippen LogP contribution in [-0.4, -0.2) is 28.0 Å². The van der Waals surface area contributed by atoms with Gasteiger partial charge in [0.2, 0.25) is 0 Å². The normalized spacial score (nSPS) is 15.1. The lowest BCUT2D eigenvalue weighted by molar-refractivity contribution is -0.0149. The van der Waals surface area contributed by atoms with Crippen molar-refractivity contribution in [2.24, 2.45) is 0 Å². The number of aliphatic hydroxyl groups is 3. The number of hydrogen-bond donors (Lipinski definition) is 4. The molecular weight excluding hydrogens is 250 g/mol. The van der Waals surface area contributed by atoms with Crippen LogP contribution in [0.3, 0.4) is 0 Å². The molecule has 1 aromatic rings. The number of rotatable bonds is 3. The van der Waals surface area contributed by atoms with Crippen LogP contribution in [0.15, 0.2) is 22.7 Å². The van der Waals surface area contributed by atoms with Crippen LogP contribution in [0, 0.1) is 0 Å². The van der Waals surface area contributed by atoms with Gasteiger partial charge >= 0.3 is 0 Å². The van der Waals surface area contributed by atoms with Crippen molar-refractivity contribution in [3.63, 3.8) is 0 Å². The Morgan fingerprint density at radius 3 is 2.57 bits per heavy atom. The van der Waals surface area contributed by atoms with Gasteiger partial charge in [-0.15, -0.1) is 0 Å². The van der Waals surface area contributed by atoms with Gasteiger partial charge in [-0.1, -0.05) is 15.9 Å². The molecule has 0 aliphatic heterocycles. The molecule has 1 aromatic carbocycles. The second kappa shape index (κ2) is 4.75. The van der Waals surface area contributed by atoms with E-state index in [1.165, 1.54) is 0 Å². The predicted molar refractivity (Wildman–Crippen MR) is 56.6 cm³/mol. The number of nitrogens with two attached hydrogens (primary N) is 1. The number of nitrogen functional groups attached to an aromatic ring is 1. The fraction of sp³-hybridized carbons (Fsp3) is 0.333. The minimum absolute atomic E-state index is 0.383. The van der Waals surface area contributed by atoms with E-state index >= 15 is 0 Å². The second-order valence-electron chi connectivity index (χ2n) is 2.97. The first-order valence-corrected chi connectivity index (χ1v) is 4.87. The highest BCUT2D eigenvalue weighted by Gasteiger charge is 2.19. The van der Waals surface area contributed by atoms with Gasteiger partial charge in [-0.05, 0) is 18.2 Å². The first-order chi connectivity index (χ1) is 6.56. The van der Waals surface area contributed by atoms with Crippen molar-refractivity contribution in [3.05, 3.63) is 28.2 Å². The minimum atomic E-state index is -1.22. The Morgan fingerprint density at radius 1 is 1.36 bits per heavy atom. The third kappa shape index (κ3) is 2.45. The molecule has 1 rings (SSSR count). The summed E-state index contributed by atoms with van der Waals surface area (Å²) in [6.45, 7) is -0.507. The summed E-state index contributed by atoms with van der Waals surface area (Å²) in [4.78, 5) is 0. The maximum atomic E-state index is 9.58. The standard InChI is InChI=1S/C9H12BrNO3/c10-5-1-2-7(11)6(3-5)9(14)8(13)4-12/h1-3,8-9,12-14H,4,11H2. The summed E-state index contributed by atoms with van der Waals surface area (Å²) in [5.74, 6) is 0. The van der Waals surface area contributed by atoms with Gasteiger partial charge in [0.05, 0.1) is 6.61 Å². The molecule has 0 fully saturated rings. The molecule has 4 nitrogen and oxygen atoms in total. The molecule has 0 spiro atoms. The highest BCUT2D eigenvalue weighted by molar-refractivity contribution is 9.10. The Morgan fingerprint density at radius 2 is 2.00 bits per heavy atom. The largest absolute Gasteiger partial charge is 0.398 e. The zero-order valence-corrected chi connectivity index (χ0v) is 8.98. The molecule has 14 heavy (non-hydrogen) atoms. The quantitative estimate of drug-likeness (QED) is 0.594. The maximum absolute atomic E-state index is 9.58. The molecule has 0 bridgehead atoms. The predicted octanol–water partition coefficient (Wildman–Crippen LogP) is 0.418. The third-order valence-electron chi connectivity index (χ3n) is 1.92. The monoisotopic (exact) mass is 261 g/mol. The van der Waals surface area contributed by atoms with Gasteiger partial charge in [0.15, 0.2) is 0 Å². The Labute approximate surface area is 90.1 Å². The average molecular weight is 262 g/mol. The van der Waals surface area contributed by atoms with Gasteiger partial charge in [-0.2, -0.15) is 0 Å². The fourth-order valence-corrected chi connectivity index (χ4v) is 1.49. The maximum Gasteiger partial charge on any atom is 0.109 e. The number of halogens is 1. The van der Waals surface area contributed by atoms with Crippen LogP contribution < -0.4 is 5.73 Å². The minimum Gasteiger partial charge on any atom is -0.398 e. The molecule has 5 N–H and O–H groups in total. The lowest BCUT2D eigenvalue weighted by Gasteiger charge is -2.17. The van der Waals surface area contributed by atoms with Crippen molar-refractivity contribution in [1.82, 2.24) is 0 Å². The lowest BCUT2D eigenvalue weighted by Crippen LogP contribution is -2.22. The SMILES string of the molecule is Nc1ccc(Br)cc1C(O)C(O)CO. The summed E-state index contributed by atoms with van der Waals surface area (Å²) in [5, 5.41) is 27.5. The van der Waals surface area contributed by atoms with Crippen molar-refractivity contribution in [2.75, 3.05) is 12.3 Å². The van der Waals surface area contributed by atoms with Crippen molar-refractivity contribution in [3.8, 4) is 0 Å². The molecule has 0 saturated heterocycles. The van der Waals surface area contributed by atoms with E-state index in [9.17, 15) is 10.2 Å². The zero-order chi connectivity index (χ0) is 10.7. The van der Waals surface area contributed by atoms with Crippen LogP contribution in [0.1, 0.15) is 11.7 Å². The van der Waals surface area contributed by atoms with E-state index in [0.29, 0.717) is 11.3 Å². The van der Waals surface area contributed by atoms with Crippen LogP contribution >= 0.6 is 15.9 Å². The van der Waals surface area contributed by atoms with E-state index in [1.807, 2.05) is 0 Å². The van der Waals surface area contributed by atoms with Gasteiger partial charge in [0.1, 0.15) is 12.2 Å². The number of aliphatic hydroxyl groups excluding tert-OH is 3. The first kappa shape index (κ1) is 11.5. The van der Waals surface area contributed by atoms with Crippen molar-refractivity contribution in [2.45, 2.75) is 12.2 Å². The molecule has 0 aliphatic carbocycles. The molecular formula is C9H12BrNO3. The highest BCUT2D eigenvalue weighted by Crippen LogP contribution is 2.26. The van der Waals surface area contributed by atoms with Crippen LogP contribution in [0.2, 0.25) is 0 Å². The lowest BCUT2D eigenvalue weighted by atomic mass is 10.0. The first-order valence-electron chi connectivity index (χ1n) is 4.08. The number of benzene rings is 1. The summed E-state index contributed by atoms with van der Waals surface area (Å²) >= 11 is 3.22. The highest BCUT2D eigenvalue weighted by atomic mass is 79.9. The van der Waals surface area contributed by atoms with E-state index in [0.717, 1.165) is 4.47 Å². The van der Waals surface area contributed by atoms with Crippen molar-refractivity contribution in [1.29, 1.82) is 0 Å². The van der Waals surface area contributed by atoms with Crippen molar-refractivity contribution < 1.29 is 15.3 Å². The van der Waals surface area contributed by atoms with E-state index < -0.39 is 18.8 Å². The van der Waals surface area contributed by atoms with E-state index in [4.69, 9.17) is 10.8 Å². The molecule has 2 atom stereocenters.